The fourth-order valence-electron chi connectivity index (χ4n) is 1.82. The SMILES string of the molecule is COc1ccc(C(=O)O[C@H]2[C@H](O)[C@H](O)CO[C@@H]2O)cc1. The summed E-state index contributed by atoms with van der Waals surface area (Å²) < 4.78 is 14.7. The Bertz CT molecular complexity index is 458. The minimum atomic E-state index is -1.48. The molecule has 20 heavy (non-hydrogen) atoms. The normalized spacial score (nSPS) is 29.8. The zero-order valence-corrected chi connectivity index (χ0v) is 10.8. The van der Waals surface area contributed by atoms with E-state index < -0.39 is 30.6 Å². The molecular formula is C13H16O7. The van der Waals surface area contributed by atoms with Crippen molar-refractivity contribution in [2.24, 2.45) is 0 Å². The second-order valence-corrected chi connectivity index (χ2v) is 4.38. The third-order valence-electron chi connectivity index (χ3n) is 3.02. The molecule has 0 aromatic heterocycles. The number of methoxy groups -OCH3 is 1. The molecule has 2 rings (SSSR count). The van der Waals surface area contributed by atoms with Crippen LogP contribution in [0.5, 0.6) is 5.75 Å². The lowest BCUT2D eigenvalue weighted by atomic mass is 10.1. The number of carbonyl (C=O) groups excluding carboxylic acids is 1. The van der Waals surface area contributed by atoms with Crippen LogP contribution in [-0.4, -0.2) is 59.6 Å². The van der Waals surface area contributed by atoms with Gasteiger partial charge in [0.25, 0.3) is 0 Å². The molecule has 0 unspecified atom stereocenters. The van der Waals surface area contributed by atoms with Gasteiger partial charge in [-0.1, -0.05) is 0 Å². The average molecular weight is 284 g/mol. The summed E-state index contributed by atoms with van der Waals surface area (Å²) in [6.07, 6.45) is -5.43. The van der Waals surface area contributed by atoms with Crippen LogP contribution in [0.2, 0.25) is 0 Å². The summed E-state index contributed by atoms with van der Waals surface area (Å²) in [5.74, 6) is -0.161. The van der Waals surface area contributed by atoms with Crippen LogP contribution in [0.4, 0.5) is 0 Å². The fourth-order valence-corrected chi connectivity index (χ4v) is 1.82. The molecular weight excluding hydrogens is 268 g/mol. The lowest BCUT2D eigenvalue weighted by molar-refractivity contribution is -0.251. The molecule has 7 heteroatoms. The molecule has 1 aliphatic rings. The summed E-state index contributed by atoms with van der Waals surface area (Å²) in [7, 11) is 1.50. The highest BCUT2D eigenvalue weighted by Gasteiger charge is 2.40. The van der Waals surface area contributed by atoms with Crippen molar-refractivity contribution in [2.75, 3.05) is 13.7 Å². The topological polar surface area (TPSA) is 105 Å². The van der Waals surface area contributed by atoms with Crippen molar-refractivity contribution in [3.05, 3.63) is 29.8 Å². The smallest absolute Gasteiger partial charge is 0.338 e. The summed E-state index contributed by atoms with van der Waals surface area (Å²) >= 11 is 0. The van der Waals surface area contributed by atoms with Gasteiger partial charge >= 0.3 is 5.97 Å². The molecule has 1 aliphatic heterocycles. The van der Waals surface area contributed by atoms with E-state index in [1.807, 2.05) is 0 Å². The van der Waals surface area contributed by atoms with Crippen molar-refractivity contribution in [3.63, 3.8) is 0 Å². The number of hydrogen-bond acceptors (Lipinski definition) is 7. The Morgan fingerprint density at radius 2 is 1.90 bits per heavy atom. The minimum Gasteiger partial charge on any atom is -0.497 e. The maximum absolute atomic E-state index is 11.9. The van der Waals surface area contributed by atoms with Gasteiger partial charge in [-0.2, -0.15) is 0 Å². The van der Waals surface area contributed by atoms with Gasteiger partial charge in [0, 0.05) is 0 Å². The highest BCUT2D eigenvalue weighted by atomic mass is 16.7. The summed E-state index contributed by atoms with van der Waals surface area (Å²) in [5.41, 5.74) is 0.227. The number of ether oxygens (including phenoxy) is 3. The van der Waals surface area contributed by atoms with Gasteiger partial charge in [-0.05, 0) is 24.3 Å². The molecule has 1 aromatic carbocycles. The number of hydrogen-bond donors (Lipinski definition) is 3. The molecule has 1 heterocycles. The molecule has 0 aliphatic carbocycles. The Balaban J connectivity index is 2.05. The third-order valence-corrected chi connectivity index (χ3v) is 3.02. The molecule has 1 fully saturated rings. The van der Waals surface area contributed by atoms with E-state index in [-0.39, 0.29) is 12.2 Å². The summed E-state index contributed by atoms with van der Waals surface area (Å²) in [5, 5.41) is 28.7. The van der Waals surface area contributed by atoms with Gasteiger partial charge in [0.2, 0.25) is 0 Å². The lowest BCUT2D eigenvalue weighted by Crippen LogP contribution is -2.54. The molecule has 1 saturated heterocycles. The van der Waals surface area contributed by atoms with Gasteiger partial charge in [-0.25, -0.2) is 4.79 Å². The second kappa shape index (κ2) is 6.19. The molecule has 0 spiro atoms. The Hall–Kier alpha value is -1.67. The number of aliphatic hydroxyl groups excluding tert-OH is 3. The maximum atomic E-state index is 11.9. The van der Waals surface area contributed by atoms with Crippen LogP contribution < -0.4 is 4.74 Å². The molecule has 0 bridgehead atoms. The first-order valence-corrected chi connectivity index (χ1v) is 6.03. The van der Waals surface area contributed by atoms with Crippen LogP contribution in [0.15, 0.2) is 24.3 Å². The number of aliphatic hydroxyl groups is 3. The summed E-state index contributed by atoms with van der Waals surface area (Å²) in [6, 6.07) is 6.13. The Kier molecular flexibility index (Phi) is 4.56. The van der Waals surface area contributed by atoms with Crippen molar-refractivity contribution < 1.29 is 34.3 Å². The van der Waals surface area contributed by atoms with Crippen molar-refractivity contribution in [3.8, 4) is 5.75 Å². The first kappa shape index (κ1) is 14.7. The van der Waals surface area contributed by atoms with E-state index in [0.717, 1.165) is 0 Å². The van der Waals surface area contributed by atoms with Crippen LogP contribution in [0.25, 0.3) is 0 Å². The monoisotopic (exact) mass is 284 g/mol. The van der Waals surface area contributed by atoms with Crippen LogP contribution in [0, 0.1) is 0 Å². The molecule has 0 radical (unpaired) electrons. The van der Waals surface area contributed by atoms with Crippen molar-refractivity contribution >= 4 is 5.97 Å². The zero-order chi connectivity index (χ0) is 14.7. The molecule has 3 N–H and O–H groups in total. The van der Waals surface area contributed by atoms with Crippen LogP contribution >= 0.6 is 0 Å². The van der Waals surface area contributed by atoms with Crippen molar-refractivity contribution in [1.82, 2.24) is 0 Å². The van der Waals surface area contributed by atoms with E-state index in [1.54, 1.807) is 12.1 Å². The van der Waals surface area contributed by atoms with Crippen molar-refractivity contribution in [1.29, 1.82) is 0 Å². The first-order chi connectivity index (χ1) is 9.52. The highest BCUT2D eigenvalue weighted by Crippen LogP contribution is 2.19. The Morgan fingerprint density at radius 3 is 2.50 bits per heavy atom. The summed E-state index contributed by atoms with van der Waals surface area (Å²) in [4.78, 5) is 11.9. The van der Waals surface area contributed by atoms with Gasteiger partial charge in [0.1, 0.15) is 18.0 Å². The van der Waals surface area contributed by atoms with E-state index in [1.165, 1.54) is 19.2 Å². The van der Waals surface area contributed by atoms with E-state index >= 15 is 0 Å². The Labute approximate surface area is 115 Å². The van der Waals surface area contributed by atoms with Gasteiger partial charge < -0.3 is 29.5 Å². The zero-order valence-electron chi connectivity index (χ0n) is 10.8. The van der Waals surface area contributed by atoms with E-state index in [4.69, 9.17) is 14.2 Å². The van der Waals surface area contributed by atoms with Crippen LogP contribution in [0.3, 0.4) is 0 Å². The maximum Gasteiger partial charge on any atom is 0.338 e. The number of esters is 1. The lowest BCUT2D eigenvalue weighted by Gasteiger charge is -2.34. The van der Waals surface area contributed by atoms with Crippen molar-refractivity contribution in [2.45, 2.75) is 24.6 Å². The molecule has 110 valence electrons. The van der Waals surface area contributed by atoms with Gasteiger partial charge in [-0.15, -0.1) is 0 Å². The molecule has 0 saturated carbocycles. The van der Waals surface area contributed by atoms with E-state index in [2.05, 4.69) is 0 Å². The molecule has 7 nitrogen and oxygen atoms in total. The first-order valence-electron chi connectivity index (χ1n) is 6.03. The van der Waals surface area contributed by atoms with Crippen LogP contribution in [0.1, 0.15) is 10.4 Å². The van der Waals surface area contributed by atoms with E-state index in [0.29, 0.717) is 5.75 Å². The predicted octanol–water partition coefficient (Wildman–Crippen LogP) is -0.709. The molecule has 1 aromatic rings. The highest BCUT2D eigenvalue weighted by molar-refractivity contribution is 5.89. The standard InChI is InChI=1S/C13H16O7/c1-18-8-4-2-7(3-5-8)12(16)20-11-10(15)9(14)6-19-13(11)17/h2-5,9-11,13-15,17H,6H2,1H3/t9-,10-,11+,13+/m1/s1. The third kappa shape index (κ3) is 3.07. The fraction of sp³-hybridized carbons (Fsp3) is 0.462. The largest absolute Gasteiger partial charge is 0.497 e. The van der Waals surface area contributed by atoms with Gasteiger partial charge in [0.15, 0.2) is 12.4 Å². The van der Waals surface area contributed by atoms with E-state index in [9.17, 15) is 20.1 Å². The molecule has 4 atom stereocenters. The van der Waals surface area contributed by atoms with Gasteiger partial charge in [-0.3, -0.25) is 0 Å². The predicted molar refractivity (Wildman–Crippen MR) is 66.2 cm³/mol. The average Bonchev–Trinajstić information content (AvgIpc) is 2.47. The number of rotatable bonds is 3. The quantitative estimate of drug-likeness (QED) is 0.630. The Morgan fingerprint density at radius 1 is 1.25 bits per heavy atom. The summed E-state index contributed by atoms with van der Waals surface area (Å²) in [6.45, 7) is -0.223. The second-order valence-electron chi connectivity index (χ2n) is 4.38. The number of benzene rings is 1. The molecule has 0 amide bonds. The van der Waals surface area contributed by atoms with Gasteiger partial charge in [0.05, 0.1) is 19.3 Å². The van der Waals surface area contributed by atoms with Crippen LogP contribution in [-0.2, 0) is 9.47 Å². The number of carbonyl (C=O) groups is 1. The minimum absolute atomic E-state index is 0.223.